The molecule has 0 bridgehead atoms. The van der Waals surface area contributed by atoms with Crippen molar-refractivity contribution in [1.29, 1.82) is 0 Å². The first-order chi connectivity index (χ1) is 3.56. The van der Waals surface area contributed by atoms with Crippen LogP contribution in [0.4, 0.5) is 0 Å². The first kappa shape index (κ1) is 8.61. The molecule has 0 aromatic rings. The van der Waals surface area contributed by atoms with Gasteiger partial charge in [-0.3, -0.25) is 4.55 Å². The molecule has 3 nitrogen and oxygen atoms in total. The molecule has 6 heteroatoms. The number of rotatable bonds is 3. The molecular formula is C2H6O3S3. The zero-order chi connectivity index (χ0) is 6.62. The molecule has 0 radical (unpaired) electrons. The Bertz CT molecular complexity index is 137. The van der Waals surface area contributed by atoms with Crippen molar-refractivity contribution in [2.45, 2.75) is 6.92 Å². The fourth-order valence-corrected chi connectivity index (χ4v) is 2.94. The van der Waals surface area contributed by atoms with Crippen molar-refractivity contribution in [2.24, 2.45) is 0 Å². The molecule has 8 heavy (non-hydrogen) atoms. The summed E-state index contributed by atoms with van der Waals surface area (Å²) < 4.78 is 27.8. The fraction of sp³-hybridized carbons (Fsp3) is 1.00. The summed E-state index contributed by atoms with van der Waals surface area (Å²) in [7, 11) is -2.23. The Hall–Kier alpha value is 0.610. The molecule has 0 spiro atoms. The van der Waals surface area contributed by atoms with E-state index in [0.717, 1.165) is 10.8 Å². The maximum absolute atomic E-state index is 9.89. The van der Waals surface area contributed by atoms with Gasteiger partial charge >= 0.3 is 9.15 Å². The van der Waals surface area contributed by atoms with Gasteiger partial charge in [-0.25, -0.2) is 0 Å². The van der Waals surface area contributed by atoms with Gasteiger partial charge in [0.15, 0.2) is 0 Å². The first-order valence-electron chi connectivity index (χ1n) is 1.85. The zero-order valence-electron chi connectivity index (χ0n) is 4.20. The molecule has 1 N–H and O–H groups in total. The molecular weight excluding hydrogens is 168 g/mol. The Morgan fingerprint density at radius 3 is 2.25 bits per heavy atom. The summed E-state index contributed by atoms with van der Waals surface area (Å²) in [5.41, 5.74) is 0. The second kappa shape index (κ2) is 3.60. The Labute approximate surface area is 55.8 Å². The summed E-state index contributed by atoms with van der Waals surface area (Å²) in [6.07, 6.45) is 0. The lowest BCUT2D eigenvalue weighted by Crippen LogP contribution is -1.84. The lowest BCUT2D eigenvalue weighted by molar-refractivity contribution is 0.503. The van der Waals surface area contributed by atoms with E-state index in [1.807, 2.05) is 6.92 Å². The van der Waals surface area contributed by atoms with Gasteiger partial charge in [-0.1, -0.05) is 17.7 Å². The third-order valence-corrected chi connectivity index (χ3v) is 4.68. The second-order valence-electron chi connectivity index (χ2n) is 0.902. The summed E-state index contributed by atoms with van der Waals surface area (Å²) in [4.78, 5) is 0. The van der Waals surface area contributed by atoms with Crippen LogP contribution in [-0.4, -0.2) is 18.7 Å². The van der Waals surface area contributed by atoms with Gasteiger partial charge in [0.2, 0.25) is 0 Å². The minimum Gasteiger partial charge on any atom is -0.277 e. The van der Waals surface area contributed by atoms with Gasteiger partial charge in [-0.15, -0.1) is 0 Å². The predicted molar refractivity (Wildman–Crippen MR) is 37.3 cm³/mol. The van der Waals surface area contributed by atoms with Crippen molar-refractivity contribution in [3.8, 4) is 0 Å². The van der Waals surface area contributed by atoms with E-state index in [0.29, 0.717) is 15.6 Å². The molecule has 0 rings (SSSR count). The van der Waals surface area contributed by atoms with Crippen LogP contribution in [0.15, 0.2) is 0 Å². The lowest BCUT2D eigenvalue weighted by atomic mass is 11.0. The third-order valence-electron chi connectivity index (χ3n) is 0.252. The highest BCUT2D eigenvalue weighted by molar-refractivity contribution is 9.05. The zero-order valence-corrected chi connectivity index (χ0v) is 6.65. The predicted octanol–water partition coefficient (Wildman–Crippen LogP) is 1.19. The molecule has 0 aromatic heterocycles. The maximum atomic E-state index is 9.89. The Morgan fingerprint density at radius 1 is 1.62 bits per heavy atom. The van der Waals surface area contributed by atoms with Crippen molar-refractivity contribution in [1.82, 2.24) is 0 Å². The van der Waals surface area contributed by atoms with E-state index in [9.17, 15) is 8.42 Å². The molecule has 0 fully saturated rings. The third kappa shape index (κ3) is 6.61. The van der Waals surface area contributed by atoms with Gasteiger partial charge in [0, 0.05) is 5.75 Å². The van der Waals surface area contributed by atoms with Crippen molar-refractivity contribution in [3.63, 3.8) is 0 Å². The molecule has 0 aliphatic heterocycles. The normalized spacial score (nSPS) is 11.8. The fourth-order valence-electron chi connectivity index (χ4n) is 0.109. The first-order valence-corrected chi connectivity index (χ1v) is 6.12. The number of hydrogen-bond donors (Lipinski definition) is 1. The van der Waals surface area contributed by atoms with Crippen LogP contribution in [0.5, 0.6) is 0 Å². The van der Waals surface area contributed by atoms with E-state index in [1.54, 1.807) is 0 Å². The van der Waals surface area contributed by atoms with Crippen LogP contribution < -0.4 is 0 Å². The molecule has 0 atom stereocenters. The molecule has 50 valence electrons. The average Bonchev–Trinajstić information content (AvgIpc) is 1.59. The molecule has 0 amide bonds. The van der Waals surface area contributed by atoms with Crippen LogP contribution in [0.3, 0.4) is 0 Å². The quantitative estimate of drug-likeness (QED) is 0.514. The van der Waals surface area contributed by atoms with Crippen LogP contribution >= 0.6 is 20.6 Å². The topological polar surface area (TPSA) is 54.4 Å². The van der Waals surface area contributed by atoms with E-state index in [4.69, 9.17) is 4.55 Å². The van der Waals surface area contributed by atoms with Gasteiger partial charge in [0.05, 0.1) is 9.83 Å². The summed E-state index contributed by atoms with van der Waals surface area (Å²) in [6.45, 7) is 1.81. The monoisotopic (exact) mass is 174 g/mol. The molecule has 0 saturated carbocycles. The largest absolute Gasteiger partial charge is 0.329 e. The molecule has 0 aliphatic carbocycles. The van der Waals surface area contributed by atoms with Gasteiger partial charge < -0.3 is 0 Å². The van der Waals surface area contributed by atoms with Crippen molar-refractivity contribution < 1.29 is 13.0 Å². The minimum atomic E-state index is -3.81. The highest BCUT2D eigenvalue weighted by atomic mass is 33.5. The van der Waals surface area contributed by atoms with Crippen LogP contribution in [0.25, 0.3) is 0 Å². The van der Waals surface area contributed by atoms with Crippen LogP contribution in [0.1, 0.15) is 6.92 Å². The van der Waals surface area contributed by atoms with E-state index in [1.165, 1.54) is 0 Å². The summed E-state index contributed by atoms with van der Waals surface area (Å²) in [5.74, 6) is 0.671. The van der Waals surface area contributed by atoms with Gasteiger partial charge in [-0.2, -0.15) is 8.42 Å². The van der Waals surface area contributed by atoms with E-state index >= 15 is 0 Å². The Balaban J connectivity index is 3.42. The van der Waals surface area contributed by atoms with Crippen LogP contribution in [0.2, 0.25) is 0 Å². The Morgan fingerprint density at radius 2 is 2.12 bits per heavy atom. The average molecular weight is 174 g/mol. The maximum Gasteiger partial charge on any atom is 0.329 e. The second-order valence-corrected chi connectivity index (χ2v) is 6.31. The van der Waals surface area contributed by atoms with Crippen LogP contribution in [0, 0.1) is 0 Å². The molecule has 0 aromatic carbocycles. The van der Waals surface area contributed by atoms with Gasteiger partial charge in [0.1, 0.15) is 0 Å². The van der Waals surface area contributed by atoms with Crippen molar-refractivity contribution in [2.75, 3.05) is 5.75 Å². The number of hydrogen-bond acceptors (Lipinski definition) is 4. The van der Waals surface area contributed by atoms with Gasteiger partial charge in [0.25, 0.3) is 0 Å². The van der Waals surface area contributed by atoms with E-state index in [2.05, 4.69) is 0 Å². The lowest BCUT2D eigenvalue weighted by Gasteiger charge is -1.88. The molecule has 0 saturated heterocycles. The van der Waals surface area contributed by atoms with E-state index in [-0.39, 0.29) is 0 Å². The van der Waals surface area contributed by atoms with Crippen molar-refractivity contribution >= 4 is 29.8 Å². The highest BCUT2D eigenvalue weighted by Gasteiger charge is 2.02. The Kier molecular flexibility index (Phi) is 3.87. The molecule has 0 heterocycles. The van der Waals surface area contributed by atoms with Crippen LogP contribution in [-0.2, 0) is 9.15 Å². The molecule has 0 unspecified atom stereocenters. The highest BCUT2D eigenvalue weighted by Crippen LogP contribution is 2.25. The standard InChI is InChI=1S/C2H6O3S3/c1-2-6-7-8(3,4)5/h2H2,1H3,(H,3,4,5). The smallest absolute Gasteiger partial charge is 0.277 e. The summed E-state index contributed by atoms with van der Waals surface area (Å²) >= 11 is 0. The summed E-state index contributed by atoms with van der Waals surface area (Å²) in [6, 6.07) is 0. The van der Waals surface area contributed by atoms with Gasteiger partial charge in [-0.05, 0) is 0 Å². The van der Waals surface area contributed by atoms with E-state index < -0.39 is 9.15 Å². The minimum absolute atomic E-state index is 0.478. The molecule has 0 aliphatic rings. The SMILES string of the molecule is CCSSS(=O)(=O)O. The van der Waals surface area contributed by atoms with Crippen molar-refractivity contribution in [3.05, 3.63) is 0 Å². The summed E-state index contributed by atoms with van der Waals surface area (Å²) in [5, 5.41) is 0.